The molecule has 2 saturated heterocycles. The van der Waals surface area contributed by atoms with Crippen LogP contribution in [-0.2, 0) is 27.2 Å². The molecular weight excluding hydrogens is 320 g/mol. The lowest BCUT2D eigenvalue weighted by Crippen LogP contribution is -2.39. The number of amides is 1. The second kappa shape index (κ2) is 7.32. The fourth-order valence-electron chi connectivity index (χ4n) is 4.26. The van der Waals surface area contributed by atoms with Gasteiger partial charge in [-0.1, -0.05) is 12.1 Å². The zero-order valence-electron chi connectivity index (χ0n) is 14.7. The highest BCUT2D eigenvalue weighted by atomic mass is 16.5. The molecule has 1 aromatic rings. The molecule has 1 amide bonds. The fraction of sp³-hybridized carbons (Fsp3) is 0.632. The molecule has 0 radical (unpaired) electrons. The Kier molecular flexibility index (Phi) is 4.92. The monoisotopic (exact) mass is 346 g/mol. The van der Waals surface area contributed by atoms with Crippen LogP contribution >= 0.6 is 0 Å². The molecule has 1 N–H and O–H groups in total. The van der Waals surface area contributed by atoms with Gasteiger partial charge in [0.1, 0.15) is 5.75 Å². The summed E-state index contributed by atoms with van der Waals surface area (Å²) in [6, 6.07) is 6.80. The number of hydrogen-bond acceptors (Lipinski definition) is 5. The van der Waals surface area contributed by atoms with Crippen molar-refractivity contribution in [3.05, 3.63) is 29.3 Å². The third-order valence-corrected chi connectivity index (χ3v) is 5.48. The third kappa shape index (κ3) is 3.38. The number of nitrogens with one attached hydrogen (secondary N) is 1. The number of carbonyl (C=O) groups is 1. The van der Waals surface area contributed by atoms with Crippen molar-refractivity contribution in [3.8, 4) is 5.75 Å². The van der Waals surface area contributed by atoms with Crippen molar-refractivity contribution in [2.75, 3.05) is 40.0 Å². The van der Waals surface area contributed by atoms with Crippen LogP contribution in [0.25, 0.3) is 0 Å². The van der Waals surface area contributed by atoms with E-state index in [1.807, 2.05) is 0 Å². The number of carbonyl (C=O) groups excluding carboxylic acids is 1. The van der Waals surface area contributed by atoms with Crippen molar-refractivity contribution in [1.29, 1.82) is 0 Å². The van der Waals surface area contributed by atoms with Gasteiger partial charge in [-0.05, 0) is 23.6 Å². The number of hydrogen-bond donors (Lipinski definition) is 1. The van der Waals surface area contributed by atoms with Gasteiger partial charge in [-0.25, -0.2) is 0 Å². The Hall–Kier alpha value is -1.63. The van der Waals surface area contributed by atoms with E-state index in [0.29, 0.717) is 19.2 Å². The summed E-state index contributed by atoms with van der Waals surface area (Å²) in [4.78, 5) is 14.9. The Morgan fingerprint density at radius 1 is 1.40 bits per heavy atom. The fourth-order valence-corrected chi connectivity index (χ4v) is 4.26. The summed E-state index contributed by atoms with van der Waals surface area (Å²) in [7, 11) is 1.64. The Morgan fingerprint density at radius 2 is 2.32 bits per heavy atom. The van der Waals surface area contributed by atoms with E-state index in [0.717, 1.165) is 44.9 Å². The van der Waals surface area contributed by atoms with Crippen molar-refractivity contribution in [1.82, 2.24) is 10.2 Å². The van der Waals surface area contributed by atoms with E-state index >= 15 is 0 Å². The van der Waals surface area contributed by atoms with Gasteiger partial charge in [0.05, 0.1) is 25.2 Å². The quantitative estimate of drug-likeness (QED) is 0.778. The SMILES string of the molecule is COCCNC(=O)[C@H]1CN(Cc2ccc3c(c2)CCO3)[C@@H]2CCO[C@H]12. The van der Waals surface area contributed by atoms with E-state index in [1.54, 1.807) is 7.11 Å². The lowest BCUT2D eigenvalue weighted by Gasteiger charge is -2.22. The molecule has 2 fully saturated rings. The number of fused-ring (bicyclic) bond motifs is 2. The molecule has 0 saturated carbocycles. The Morgan fingerprint density at radius 3 is 3.20 bits per heavy atom. The molecule has 1 aromatic carbocycles. The summed E-state index contributed by atoms with van der Waals surface area (Å²) in [6.07, 6.45) is 2.00. The zero-order valence-corrected chi connectivity index (χ0v) is 14.7. The molecular formula is C19H26N2O4. The van der Waals surface area contributed by atoms with Gasteiger partial charge in [0.25, 0.3) is 0 Å². The normalized spacial score (nSPS) is 27.8. The Labute approximate surface area is 148 Å². The average molecular weight is 346 g/mol. The maximum absolute atomic E-state index is 12.5. The molecule has 136 valence electrons. The molecule has 0 aliphatic carbocycles. The predicted octanol–water partition coefficient (Wildman–Crippen LogP) is 0.973. The molecule has 25 heavy (non-hydrogen) atoms. The zero-order chi connectivity index (χ0) is 17.2. The Balaban J connectivity index is 1.42. The number of ether oxygens (including phenoxy) is 3. The number of likely N-dealkylation sites (tertiary alicyclic amines) is 1. The minimum absolute atomic E-state index is 0.0142. The van der Waals surface area contributed by atoms with Gasteiger partial charge in [-0.2, -0.15) is 0 Å². The third-order valence-electron chi connectivity index (χ3n) is 5.48. The molecule has 6 nitrogen and oxygen atoms in total. The predicted molar refractivity (Wildman–Crippen MR) is 92.6 cm³/mol. The first-order valence-electron chi connectivity index (χ1n) is 9.13. The Bertz CT molecular complexity index is 636. The second-order valence-corrected chi connectivity index (χ2v) is 7.05. The van der Waals surface area contributed by atoms with Gasteiger partial charge in [0, 0.05) is 45.8 Å². The molecule has 0 unspecified atom stereocenters. The van der Waals surface area contributed by atoms with Crippen molar-refractivity contribution in [3.63, 3.8) is 0 Å². The molecule has 3 aliphatic heterocycles. The number of methoxy groups -OCH3 is 1. The highest BCUT2D eigenvalue weighted by molar-refractivity contribution is 5.80. The minimum Gasteiger partial charge on any atom is -0.493 e. The highest BCUT2D eigenvalue weighted by Gasteiger charge is 2.48. The lowest BCUT2D eigenvalue weighted by molar-refractivity contribution is -0.127. The standard InChI is InChI=1S/C19H26N2O4/c1-23-9-6-20-19(22)15-12-21(16-5-8-25-18(15)16)11-13-2-3-17-14(10-13)4-7-24-17/h2-3,10,15-16,18H,4-9,11-12H2,1H3,(H,20,22)/t15-,16+,18+/m0/s1. The van der Waals surface area contributed by atoms with Crippen LogP contribution in [0.1, 0.15) is 17.5 Å². The van der Waals surface area contributed by atoms with Crippen LogP contribution < -0.4 is 10.1 Å². The molecule has 4 rings (SSSR count). The lowest BCUT2D eigenvalue weighted by atomic mass is 10.0. The summed E-state index contributed by atoms with van der Waals surface area (Å²) in [6.45, 7) is 4.22. The van der Waals surface area contributed by atoms with Crippen LogP contribution in [0, 0.1) is 5.92 Å². The van der Waals surface area contributed by atoms with Crippen molar-refractivity contribution in [2.24, 2.45) is 5.92 Å². The van der Waals surface area contributed by atoms with Crippen LogP contribution in [0.4, 0.5) is 0 Å². The van der Waals surface area contributed by atoms with Gasteiger partial charge in [-0.3, -0.25) is 9.69 Å². The van der Waals surface area contributed by atoms with E-state index < -0.39 is 0 Å². The number of benzene rings is 1. The smallest absolute Gasteiger partial charge is 0.227 e. The maximum Gasteiger partial charge on any atom is 0.227 e. The van der Waals surface area contributed by atoms with Gasteiger partial charge >= 0.3 is 0 Å². The molecule has 3 heterocycles. The van der Waals surface area contributed by atoms with Crippen LogP contribution in [-0.4, -0.2) is 63.0 Å². The van der Waals surface area contributed by atoms with Gasteiger partial charge in [0.2, 0.25) is 5.91 Å². The first kappa shape index (κ1) is 16.8. The number of rotatable bonds is 6. The maximum atomic E-state index is 12.5. The topological polar surface area (TPSA) is 60.0 Å². The van der Waals surface area contributed by atoms with E-state index in [4.69, 9.17) is 14.2 Å². The molecule has 3 atom stereocenters. The van der Waals surface area contributed by atoms with Crippen molar-refractivity contribution < 1.29 is 19.0 Å². The van der Waals surface area contributed by atoms with Gasteiger partial charge < -0.3 is 19.5 Å². The first-order valence-corrected chi connectivity index (χ1v) is 9.13. The summed E-state index contributed by atoms with van der Waals surface area (Å²) in [5.41, 5.74) is 2.58. The molecule has 6 heteroatoms. The van der Waals surface area contributed by atoms with Crippen molar-refractivity contribution >= 4 is 5.91 Å². The summed E-state index contributed by atoms with van der Waals surface area (Å²) in [5, 5.41) is 2.97. The van der Waals surface area contributed by atoms with Crippen LogP contribution in [0.2, 0.25) is 0 Å². The number of nitrogens with zero attached hydrogens (tertiary/aromatic N) is 1. The van der Waals surface area contributed by atoms with Crippen LogP contribution in [0.5, 0.6) is 5.75 Å². The molecule has 0 bridgehead atoms. The summed E-state index contributed by atoms with van der Waals surface area (Å²) >= 11 is 0. The van der Waals surface area contributed by atoms with E-state index in [9.17, 15) is 4.79 Å². The van der Waals surface area contributed by atoms with E-state index in [1.165, 1.54) is 11.1 Å². The second-order valence-electron chi connectivity index (χ2n) is 7.05. The van der Waals surface area contributed by atoms with Gasteiger partial charge in [-0.15, -0.1) is 0 Å². The summed E-state index contributed by atoms with van der Waals surface area (Å²) < 4.78 is 16.5. The molecule has 0 spiro atoms. The highest BCUT2D eigenvalue weighted by Crippen LogP contribution is 2.35. The largest absolute Gasteiger partial charge is 0.493 e. The summed E-state index contributed by atoms with van der Waals surface area (Å²) in [5.74, 6) is 1.00. The molecule has 0 aromatic heterocycles. The van der Waals surface area contributed by atoms with E-state index in [2.05, 4.69) is 28.4 Å². The van der Waals surface area contributed by atoms with E-state index in [-0.39, 0.29) is 17.9 Å². The average Bonchev–Trinajstić information content (AvgIpc) is 3.32. The van der Waals surface area contributed by atoms with Crippen molar-refractivity contribution in [2.45, 2.75) is 31.5 Å². The minimum atomic E-state index is -0.0953. The van der Waals surface area contributed by atoms with Crippen LogP contribution in [0.3, 0.4) is 0 Å². The molecule has 3 aliphatic rings. The van der Waals surface area contributed by atoms with Gasteiger partial charge in [0.15, 0.2) is 0 Å². The first-order chi connectivity index (χ1) is 12.3. The van der Waals surface area contributed by atoms with Crippen LogP contribution in [0.15, 0.2) is 18.2 Å².